The molecule has 0 aliphatic heterocycles. The minimum absolute atomic E-state index is 0. The Labute approximate surface area is 141 Å². The van der Waals surface area contributed by atoms with Crippen molar-refractivity contribution in [2.45, 2.75) is 18.4 Å². The van der Waals surface area contributed by atoms with Crippen LogP contribution in [0.5, 0.6) is 0 Å². The number of halogens is 2. The molecule has 2 atom stereocenters. The van der Waals surface area contributed by atoms with Crippen LogP contribution in [-0.4, -0.2) is 20.7 Å². The number of hydrogen-bond acceptors (Lipinski definition) is 3. The van der Waals surface area contributed by atoms with Crippen molar-refractivity contribution in [1.29, 1.82) is 0 Å². The Morgan fingerprint density at radius 1 is 1.13 bits per heavy atom. The molecule has 4 nitrogen and oxygen atoms in total. The van der Waals surface area contributed by atoms with Crippen LogP contribution in [0.15, 0.2) is 42.5 Å². The zero-order valence-electron chi connectivity index (χ0n) is 12.5. The van der Waals surface area contributed by atoms with Crippen molar-refractivity contribution in [2.75, 3.05) is 11.0 Å². The Morgan fingerprint density at radius 3 is 2.22 bits per heavy atom. The third-order valence-corrected chi connectivity index (χ3v) is 4.36. The van der Waals surface area contributed by atoms with Crippen LogP contribution in [-0.2, 0) is 10.0 Å². The summed E-state index contributed by atoms with van der Waals surface area (Å²) in [4.78, 5) is 0. The molecule has 2 aromatic carbocycles. The molecule has 2 unspecified atom stereocenters. The van der Waals surface area contributed by atoms with E-state index in [1.54, 1.807) is 6.07 Å². The highest BCUT2D eigenvalue weighted by Gasteiger charge is 2.34. The maximum absolute atomic E-state index is 13.7. The van der Waals surface area contributed by atoms with Crippen LogP contribution < -0.4 is 10.5 Å². The summed E-state index contributed by atoms with van der Waals surface area (Å²) in [6.07, 6.45) is 2.01. The summed E-state index contributed by atoms with van der Waals surface area (Å²) in [6, 6.07) is 12.5. The number of hydrogen-bond donors (Lipinski definition) is 2. The van der Waals surface area contributed by atoms with Crippen molar-refractivity contribution in [2.24, 2.45) is 5.73 Å². The lowest BCUT2D eigenvalue weighted by Crippen LogP contribution is -2.10. The molecule has 1 aliphatic carbocycles. The van der Waals surface area contributed by atoms with Crippen molar-refractivity contribution in [3.8, 4) is 11.1 Å². The molecule has 0 bridgehead atoms. The van der Waals surface area contributed by atoms with Crippen LogP contribution >= 0.6 is 12.4 Å². The predicted molar refractivity (Wildman–Crippen MR) is 92.9 cm³/mol. The van der Waals surface area contributed by atoms with Crippen molar-refractivity contribution in [1.82, 2.24) is 0 Å². The molecule has 3 N–H and O–H groups in total. The fourth-order valence-corrected chi connectivity index (χ4v) is 3.06. The van der Waals surface area contributed by atoms with Gasteiger partial charge in [-0.15, -0.1) is 12.4 Å². The lowest BCUT2D eigenvalue weighted by molar-refractivity contribution is 0.604. The van der Waals surface area contributed by atoms with Gasteiger partial charge in [-0.25, -0.2) is 12.8 Å². The van der Waals surface area contributed by atoms with Crippen molar-refractivity contribution in [3.63, 3.8) is 0 Å². The molecule has 2 aromatic rings. The second-order valence-electron chi connectivity index (χ2n) is 5.70. The van der Waals surface area contributed by atoms with Crippen LogP contribution in [0.4, 0.5) is 10.1 Å². The maximum Gasteiger partial charge on any atom is 0.229 e. The zero-order chi connectivity index (χ0) is 15.9. The fourth-order valence-electron chi connectivity index (χ4n) is 2.50. The molecular formula is C16H18ClFN2O2S. The molecule has 0 amide bonds. The van der Waals surface area contributed by atoms with E-state index in [-0.39, 0.29) is 24.1 Å². The van der Waals surface area contributed by atoms with Gasteiger partial charge in [-0.05, 0) is 35.2 Å². The molecule has 0 radical (unpaired) electrons. The molecule has 0 heterocycles. The average Bonchev–Trinajstić information content (AvgIpc) is 3.17. The lowest BCUT2D eigenvalue weighted by atomic mass is 10.0. The standard InChI is InChI=1S/C16H17FN2O2S.ClH/c1-22(20,21)19-16-8-12(6-7-14(16)17)10-2-4-11(5-3-10)13-9-15(13)18;/h2-8,13,15,19H,9,18H2,1H3;1H. The van der Waals surface area contributed by atoms with Gasteiger partial charge in [0.2, 0.25) is 10.0 Å². The molecule has 1 fully saturated rings. The van der Waals surface area contributed by atoms with E-state index in [1.807, 2.05) is 24.3 Å². The van der Waals surface area contributed by atoms with E-state index in [0.29, 0.717) is 5.92 Å². The summed E-state index contributed by atoms with van der Waals surface area (Å²) in [6.45, 7) is 0. The van der Waals surface area contributed by atoms with E-state index < -0.39 is 15.8 Å². The van der Waals surface area contributed by atoms with E-state index in [1.165, 1.54) is 17.7 Å². The minimum Gasteiger partial charge on any atom is -0.327 e. The summed E-state index contributed by atoms with van der Waals surface area (Å²) in [5, 5.41) is 0. The Bertz CT molecular complexity index is 809. The number of sulfonamides is 1. The summed E-state index contributed by atoms with van der Waals surface area (Å²) < 4.78 is 38.4. The Kier molecular flexibility index (Phi) is 4.98. The quantitative estimate of drug-likeness (QED) is 0.884. The third kappa shape index (κ3) is 4.22. The van der Waals surface area contributed by atoms with Crippen LogP contribution in [0.2, 0.25) is 0 Å². The first-order valence-electron chi connectivity index (χ1n) is 6.97. The van der Waals surface area contributed by atoms with E-state index in [0.717, 1.165) is 23.8 Å². The van der Waals surface area contributed by atoms with Gasteiger partial charge in [0.15, 0.2) is 0 Å². The smallest absolute Gasteiger partial charge is 0.229 e. The van der Waals surface area contributed by atoms with E-state index in [4.69, 9.17) is 5.73 Å². The number of nitrogens with one attached hydrogen (secondary N) is 1. The van der Waals surface area contributed by atoms with E-state index >= 15 is 0 Å². The number of benzene rings is 2. The summed E-state index contributed by atoms with van der Waals surface area (Å²) in [5.41, 5.74) is 8.64. The highest BCUT2D eigenvalue weighted by atomic mass is 35.5. The van der Waals surface area contributed by atoms with Gasteiger partial charge in [0, 0.05) is 12.0 Å². The SMILES string of the molecule is CS(=O)(=O)Nc1cc(-c2ccc(C3CC3N)cc2)ccc1F.Cl. The van der Waals surface area contributed by atoms with Gasteiger partial charge in [0.25, 0.3) is 0 Å². The Morgan fingerprint density at radius 2 is 1.70 bits per heavy atom. The summed E-state index contributed by atoms with van der Waals surface area (Å²) >= 11 is 0. The molecule has 0 saturated heterocycles. The Hall–Kier alpha value is -1.63. The second-order valence-corrected chi connectivity index (χ2v) is 7.45. The predicted octanol–water partition coefficient (Wildman–Crippen LogP) is 3.10. The Balaban J connectivity index is 0.00000192. The van der Waals surface area contributed by atoms with Gasteiger partial charge in [-0.3, -0.25) is 4.72 Å². The van der Waals surface area contributed by atoms with Crippen molar-refractivity contribution in [3.05, 3.63) is 53.8 Å². The molecule has 0 aromatic heterocycles. The summed E-state index contributed by atoms with van der Waals surface area (Å²) in [5.74, 6) is -0.167. The van der Waals surface area contributed by atoms with Crippen LogP contribution in [0.1, 0.15) is 17.9 Å². The number of rotatable bonds is 4. The third-order valence-electron chi connectivity index (χ3n) is 3.77. The fraction of sp³-hybridized carbons (Fsp3) is 0.250. The van der Waals surface area contributed by atoms with Gasteiger partial charge < -0.3 is 5.73 Å². The molecule has 23 heavy (non-hydrogen) atoms. The average molecular weight is 357 g/mol. The van der Waals surface area contributed by atoms with Gasteiger partial charge in [0.05, 0.1) is 11.9 Å². The highest BCUT2D eigenvalue weighted by molar-refractivity contribution is 7.92. The molecule has 7 heteroatoms. The summed E-state index contributed by atoms with van der Waals surface area (Å²) in [7, 11) is -3.52. The van der Waals surface area contributed by atoms with Gasteiger partial charge in [-0.2, -0.15) is 0 Å². The van der Waals surface area contributed by atoms with Gasteiger partial charge >= 0.3 is 0 Å². The van der Waals surface area contributed by atoms with E-state index in [2.05, 4.69) is 4.72 Å². The number of nitrogens with two attached hydrogens (primary N) is 1. The van der Waals surface area contributed by atoms with Crippen molar-refractivity contribution >= 4 is 28.1 Å². The van der Waals surface area contributed by atoms with Crippen molar-refractivity contribution < 1.29 is 12.8 Å². The number of anilines is 1. The normalized spacial score (nSPS) is 19.8. The van der Waals surface area contributed by atoms with Gasteiger partial charge in [0.1, 0.15) is 5.82 Å². The molecule has 1 saturated carbocycles. The minimum atomic E-state index is -3.52. The van der Waals surface area contributed by atoms with Crippen LogP contribution in [0, 0.1) is 5.82 Å². The topological polar surface area (TPSA) is 72.2 Å². The van der Waals surface area contributed by atoms with Crippen LogP contribution in [0.3, 0.4) is 0 Å². The second kappa shape index (κ2) is 6.47. The van der Waals surface area contributed by atoms with E-state index in [9.17, 15) is 12.8 Å². The molecule has 3 rings (SSSR count). The molecule has 124 valence electrons. The molecular weight excluding hydrogens is 339 g/mol. The first-order valence-corrected chi connectivity index (χ1v) is 8.86. The first kappa shape index (κ1) is 17.7. The zero-order valence-corrected chi connectivity index (χ0v) is 14.1. The van der Waals surface area contributed by atoms with Crippen LogP contribution in [0.25, 0.3) is 11.1 Å². The first-order chi connectivity index (χ1) is 10.3. The monoisotopic (exact) mass is 356 g/mol. The lowest BCUT2D eigenvalue weighted by Gasteiger charge is -2.09. The van der Waals surface area contributed by atoms with Gasteiger partial charge in [-0.1, -0.05) is 30.3 Å². The largest absolute Gasteiger partial charge is 0.327 e. The highest BCUT2D eigenvalue weighted by Crippen LogP contribution is 2.39. The maximum atomic E-state index is 13.7. The molecule has 1 aliphatic rings. The molecule has 0 spiro atoms.